The number of nitrogens with two attached hydrogens (primary N) is 1. The molecule has 0 radical (unpaired) electrons. The molecule has 1 atom stereocenters. The maximum atomic E-state index is 11.8. The van der Waals surface area contributed by atoms with E-state index in [4.69, 9.17) is 5.73 Å². The fourth-order valence-electron chi connectivity index (χ4n) is 1.73. The lowest BCUT2D eigenvalue weighted by atomic mass is 10.2. The van der Waals surface area contributed by atoms with Crippen molar-refractivity contribution in [2.45, 2.75) is 11.7 Å². The number of hydrogen-bond acceptors (Lipinski definition) is 5. The molecular weight excluding hydrogens is 228 g/mol. The molecule has 1 fully saturated rings. The Bertz CT molecular complexity index is 338. The van der Waals surface area contributed by atoms with Crippen molar-refractivity contribution in [2.75, 3.05) is 26.2 Å². The first-order valence-electron chi connectivity index (χ1n) is 5.20. The summed E-state index contributed by atoms with van der Waals surface area (Å²) in [5.41, 5.74) is 5.43. The number of nitrogens with one attached hydrogen (secondary N) is 1. The molecule has 0 aromatic heterocycles. The van der Waals surface area contributed by atoms with Crippen molar-refractivity contribution in [2.24, 2.45) is 10.7 Å². The van der Waals surface area contributed by atoms with E-state index in [1.807, 2.05) is 0 Å². The van der Waals surface area contributed by atoms with Crippen molar-refractivity contribution < 1.29 is 9.59 Å². The van der Waals surface area contributed by atoms with E-state index in [9.17, 15) is 9.59 Å². The van der Waals surface area contributed by atoms with Crippen LogP contribution in [0.25, 0.3) is 0 Å². The van der Waals surface area contributed by atoms with Gasteiger partial charge in [0.15, 0.2) is 5.17 Å². The van der Waals surface area contributed by atoms with Gasteiger partial charge in [-0.25, -0.2) is 0 Å². The van der Waals surface area contributed by atoms with E-state index in [-0.39, 0.29) is 23.4 Å². The highest BCUT2D eigenvalue weighted by molar-refractivity contribution is 8.15. The Kier molecular flexibility index (Phi) is 3.45. The molecule has 0 saturated carbocycles. The number of nitrogens with zero attached hydrogens (tertiary/aromatic N) is 2. The largest absolute Gasteiger partial charge is 0.378 e. The second-order valence-electron chi connectivity index (χ2n) is 3.73. The van der Waals surface area contributed by atoms with Gasteiger partial charge in [0, 0.05) is 32.6 Å². The molecule has 1 saturated heterocycles. The maximum absolute atomic E-state index is 11.8. The molecule has 0 aliphatic carbocycles. The minimum Gasteiger partial charge on any atom is -0.378 e. The van der Waals surface area contributed by atoms with Crippen LogP contribution in [0.3, 0.4) is 0 Å². The summed E-state index contributed by atoms with van der Waals surface area (Å²) >= 11 is 1.18. The monoisotopic (exact) mass is 242 g/mol. The van der Waals surface area contributed by atoms with Crippen molar-refractivity contribution in [1.29, 1.82) is 0 Å². The van der Waals surface area contributed by atoms with Crippen LogP contribution in [-0.2, 0) is 9.59 Å². The van der Waals surface area contributed by atoms with Gasteiger partial charge in [-0.2, -0.15) is 4.99 Å². The molecule has 3 N–H and O–H groups in total. The molecule has 0 aromatic rings. The fourth-order valence-corrected chi connectivity index (χ4v) is 2.55. The van der Waals surface area contributed by atoms with E-state index < -0.39 is 5.25 Å². The van der Waals surface area contributed by atoms with E-state index in [1.54, 1.807) is 4.90 Å². The van der Waals surface area contributed by atoms with Crippen LogP contribution < -0.4 is 11.1 Å². The lowest BCUT2D eigenvalue weighted by molar-refractivity contribution is -0.133. The Hall–Kier alpha value is -1.08. The van der Waals surface area contributed by atoms with Crippen LogP contribution in [-0.4, -0.2) is 53.3 Å². The van der Waals surface area contributed by atoms with E-state index in [0.717, 1.165) is 13.1 Å². The van der Waals surface area contributed by atoms with E-state index in [0.29, 0.717) is 13.1 Å². The smallest absolute Gasteiger partial charge is 0.262 e. The summed E-state index contributed by atoms with van der Waals surface area (Å²) in [6, 6.07) is 0. The van der Waals surface area contributed by atoms with Crippen molar-refractivity contribution in [3.8, 4) is 0 Å². The van der Waals surface area contributed by atoms with Gasteiger partial charge >= 0.3 is 0 Å². The lowest BCUT2D eigenvalue weighted by Gasteiger charge is -2.27. The summed E-state index contributed by atoms with van der Waals surface area (Å²) in [6.07, 6.45) is 0.202. The number of rotatable bonds is 2. The van der Waals surface area contributed by atoms with E-state index in [1.165, 1.54) is 11.8 Å². The van der Waals surface area contributed by atoms with Crippen LogP contribution in [0.15, 0.2) is 4.99 Å². The molecule has 6 nitrogen and oxygen atoms in total. The van der Waals surface area contributed by atoms with Gasteiger partial charge in [-0.15, -0.1) is 0 Å². The van der Waals surface area contributed by atoms with Gasteiger partial charge in [-0.1, -0.05) is 11.8 Å². The summed E-state index contributed by atoms with van der Waals surface area (Å²) in [4.78, 5) is 28.6. The summed E-state index contributed by atoms with van der Waals surface area (Å²) in [7, 11) is 0. The number of carbonyl (C=O) groups is 2. The summed E-state index contributed by atoms with van der Waals surface area (Å²) < 4.78 is 0. The molecule has 2 aliphatic rings. The summed E-state index contributed by atoms with van der Waals surface area (Å²) in [5.74, 6) is -0.275. The van der Waals surface area contributed by atoms with Crippen molar-refractivity contribution >= 4 is 28.7 Å². The average Bonchev–Trinajstić information content (AvgIpc) is 2.59. The number of carbonyl (C=O) groups excluding carboxylic acids is 2. The zero-order valence-electron chi connectivity index (χ0n) is 8.81. The van der Waals surface area contributed by atoms with Crippen molar-refractivity contribution in [3.05, 3.63) is 0 Å². The lowest BCUT2D eigenvalue weighted by Crippen LogP contribution is -2.47. The zero-order chi connectivity index (χ0) is 11.5. The normalized spacial score (nSPS) is 25.8. The predicted octanol–water partition coefficient (Wildman–Crippen LogP) is -1.23. The quantitative estimate of drug-likeness (QED) is 0.633. The van der Waals surface area contributed by atoms with Gasteiger partial charge in [0.25, 0.3) is 5.91 Å². The Balaban J connectivity index is 1.85. The molecule has 2 heterocycles. The highest BCUT2D eigenvalue weighted by Gasteiger charge is 2.31. The van der Waals surface area contributed by atoms with Gasteiger partial charge in [-0.3, -0.25) is 9.59 Å². The number of amidine groups is 1. The zero-order valence-corrected chi connectivity index (χ0v) is 9.63. The fraction of sp³-hybridized carbons (Fsp3) is 0.667. The minimum absolute atomic E-state index is 0.0113. The van der Waals surface area contributed by atoms with E-state index >= 15 is 0 Å². The van der Waals surface area contributed by atoms with Crippen LogP contribution in [0.5, 0.6) is 0 Å². The number of hydrogen-bond donors (Lipinski definition) is 2. The second-order valence-corrected chi connectivity index (χ2v) is 4.95. The number of aliphatic imine (C=N–C) groups is 1. The third-order valence-corrected chi connectivity index (χ3v) is 3.57. The average molecular weight is 242 g/mol. The highest BCUT2D eigenvalue weighted by Crippen LogP contribution is 2.23. The third-order valence-electron chi connectivity index (χ3n) is 2.59. The first-order chi connectivity index (χ1) is 7.66. The summed E-state index contributed by atoms with van der Waals surface area (Å²) in [6.45, 7) is 3.05. The van der Waals surface area contributed by atoms with Gasteiger partial charge in [0.1, 0.15) is 5.25 Å². The molecule has 2 amide bonds. The molecular formula is C9H14N4O2S. The molecule has 0 spiro atoms. The van der Waals surface area contributed by atoms with Crippen LogP contribution in [0, 0.1) is 0 Å². The Labute approximate surface area is 97.6 Å². The molecule has 0 aromatic carbocycles. The van der Waals surface area contributed by atoms with Gasteiger partial charge in [0.05, 0.1) is 0 Å². The van der Waals surface area contributed by atoms with Crippen LogP contribution >= 0.6 is 11.8 Å². The number of amides is 2. The number of piperazine rings is 1. The second kappa shape index (κ2) is 4.84. The molecule has 0 bridgehead atoms. The van der Waals surface area contributed by atoms with Crippen molar-refractivity contribution in [1.82, 2.24) is 10.2 Å². The standard InChI is InChI=1S/C9H14N4O2S/c10-9-12-8(15)6(16-9)5-7(14)13-3-1-11-2-4-13/h6,11H,1-5H2,(H2,10,12,15). The third kappa shape index (κ3) is 2.53. The van der Waals surface area contributed by atoms with Gasteiger partial charge < -0.3 is 16.0 Å². The summed E-state index contributed by atoms with van der Waals surface area (Å²) in [5, 5.41) is 3.02. The van der Waals surface area contributed by atoms with E-state index in [2.05, 4.69) is 10.3 Å². The first kappa shape index (κ1) is 11.4. The predicted molar refractivity (Wildman–Crippen MR) is 62.1 cm³/mol. The van der Waals surface area contributed by atoms with Crippen LogP contribution in [0.4, 0.5) is 0 Å². The first-order valence-corrected chi connectivity index (χ1v) is 6.08. The van der Waals surface area contributed by atoms with Crippen LogP contribution in [0.2, 0.25) is 0 Å². The SMILES string of the molecule is NC1=NC(=O)C(CC(=O)N2CCNCC2)S1. The maximum Gasteiger partial charge on any atom is 0.262 e. The number of thioether (sulfide) groups is 1. The Morgan fingerprint density at radius 1 is 1.56 bits per heavy atom. The Morgan fingerprint density at radius 2 is 2.25 bits per heavy atom. The molecule has 2 rings (SSSR count). The van der Waals surface area contributed by atoms with Gasteiger partial charge in [0.2, 0.25) is 5.91 Å². The minimum atomic E-state index is -0.414. The Morgan fingerprint density at radius 3 is 2.81 bits per heavy atom. The van der Waals surface area contributed by atoms with Crippen molar-refractivity contribution in [3.63, 3.8) is 0 Å². The van der Waals surface area contributed by atoms with Gasteiger partial charge in [-0.05, 0) is 0 Å². The molecule has 7 heteroatoms. The molecule has 16 heavy (non-hydrogen) atoms. The molecule has 88 valence electrons. The van der Waals surface area contributed by atoms with Crippen LogP contribution in [0.1, 0.15) is 6.42 Å². The molecule has 1 unspecified atom stereocenters. The highest BCUT2D eigenvalue weighted by atomic mass is 32.2. The molecule has 2 aliphatic heterocycles. The topological polar surface area (TPSA) is 87.8 Å².